The molecule has 0 spiro atoms. The SMILES string of the molecule is COCCCNC(=O)COC(=O)c1c2c(nc3ccccc13)CCCCC2. The van der Waals surface area contributed by atoms with Crippen molar-refractivity contribution in [2.24, 2.45) is 0 Å². The molecule has 1 aromatic heterocycles. The van der Waals surface area contributed by atoms with Crippen LogP contribution in [0.4, 0.5) is 0 Å². The molecule has 6 nitrogen and oxygen atoms in total. The highest BCUT2D eigenvalue weighted by Gasteiger charge is 2.23. The van der Waals surface area contributed by atoms with Crippen molar-refractivity contribution < 1.29 is 19.1 Å². The number of carbonyl (C=O) groups is 2. The van der Waals surface area contributed by atoms with Crippen molar-refractivity contribution in [3.05, 3.63) is 41.1 Å². The molecular weight excluding hydrogens is 344 g/mol. The van der Waals surface area contributed by atoms with Gasteiger partial charge < -0.3 is 14.8 Å². The second-order valence-corrected chi connectivity index (χ2v) is 6.76. The number of aryl methyl sites for hydroxylation is 1. The molecule has 0 fully saturated rings. The smallest absolute Gasteiger partial charge is 0.339 e. The zero-order valence-electron chi connectivity index (χ0n) is 15.8. The maximum absolute atomic E-state index is 12.9. The highest BCUT2D eigenvalue weighted by molar-refractivity contribution is 6.05. The first kappa shape index (κ1) is 19.3. The summed E-state index contributed by atoms with van der Waals surface area (Å²) >= 11 is 0. The van der Waals surface area contributed by atoms with E-state index in [2.05, 4.69) is 5.32 Å². The summed E-state index contributed by atoms with van der Waals surface area (Å²) in [5.41, 5.74) is 3.35. The van der Waals surface area contributed by atoms with E-state index in [9.17, 15) is 9.59 Å². The van der Waals surface area contributed by atoms with Crippen molar-refractivity contribution in [2.45, 2.75) is 38.5 Å². The van der Waals surface area contributed by atoms with Crippen LogP contribution in [0.5, 0.6) is 0 Å². The van der Waals surface area contributed by atoms with Crippen molar-refractivity contribution in [2.75, 3.05) is 26.9 Å². The van der Waals surface area contributed by atoms with Crippen LogP contribution in [-0.2, 0) is 27.1 Å². The lowest BCUT2D eigenvalue weighted by molar-refractivity contribution is -0.124. The number of methoxy groups -OCH3 is 1. The fourth-order valence-corrected chi connectivity index (χ4v) is 3.48. The average Bonchev–Trinajstić information content (AvgIpc) is 2.92. The first-order valence-electron chi connectivity index (χ1n) is 9.54. The largest absolute Gasteiger partial charge is 0.452 e. The number of hydrogen-bond donors (Lipinski definition) is 1. The van der Waals surface area contributed by atoms with Gasteiger partial charge in [0.05, 0.1) is 11.1 Å². The molecule has 3 rings (SSSR count). The number of fused-ring (bicyclic) bond motifs is 2. The van der Waals surface area contributed by atoms with E-state index in [0.29, 0.717) is 18.7 Å². The first-order chi connectivity index (χ1) is 13.2. The van der Waals surface area contributed by atoms with Crippen molar-refractivity contribution in [1.82, 2.24) is 10.3 Å². The van der Waals surface area contributed by atoms with Gasteiger partial charge in [0.15, 0.2) is 6.61 Å². The minimum atomic E-state index is -0.446. The van der Waals surface area contributed by atoms with E-state index in [4.69, 9.17) is 14.5 Å². The van der Waals surface area contributed by atoms with Gasteiger partial charge in [0.25, 0.3) is 5.91 Å². The Balaban J connectivity index is 1.77. The predicted molar refractivity (Wildman–Crippen MR) is 103 cm³/mol. The number of pyridine rings is 1. The Hall–Kier alpha value is -2.47. The Morgan fingerprint density at radius 3 is 2.81 bits per heavy atom. The average molecular weight is 370 g/mol. The number of rotatable bonds is 7. The van der Waals surface area contributed by atoms with E-state index in [-0.39, 0.29) is 12.5 Å². The summed E-state index contributed by atoms with van der Waals surface area (Å²) in [4.78, 5) is 29.6. The molecule has 1 heterocycles. The van der Waals surface area contributed by atoms with Gasteiger partial charge in [-0.3, -0.25) is 9.78 Å². The summed E-state index contributed by atoms with van der Waals surface area (Å²) in [5, 5.41) is 3.52. The molecular formula is C21H26N2O4. The van der Waals surface area contributed by atoms with Crippen LogP contribution in [-0.4, -0.2) is 43.7 Å². The Morgan fingerprint density at radius 1 is 1.15 bits per heavy atom. The number of esters is 1. The van der Waals surface area contributed by atoms with Crippen LogP contribution >= 0.6 is 0 Å². The van der Waals surface area contributed by atoms with Crippen LogP contribution in [0.25, 0.3) is 10.9 Å². The molecule has 0 bridgehead atoms. The maximum atomic E-state index is 12.9. The monoisotopic (exact) mass is 370 g/mol. The lowest BCUT2D eigenvalue weighted by Crippen LogP contribution is -2.30. The lowest BCUT2D eigenvalue weighted by Gasteiger charge is -2.15. The highest BCUT2D eigenvalue weighted by atomic mass is 16.5. The molecule has 27 heavy (non-hydrogen) atoms. The van der Waals surface area contributed by atoms with Crippen molar-refractivity contribution >= 4 is 22.8 Å². The van der Waals surface area contributed by atoms with Crippen LogP contribution in [0.1, 0.15) is 47.3 Å². The number of para-hydroxylation sites is 1. The molecule has 0 saturated heterocycles. The van der Waals surface area contributed by atoms with E-state index in [1.165, 1.54) is 0 Å². The number of ether oxygens (including phenoxy) is 2. The molecule has 1 aromatic carbocycles. The van der Waals surface area contributed by atoms with Gasteiger partial charge in [-0.1, -0.05) is 24.6 Å². The van der Waals surface area contributed by atoms with Crippen LogP contribution < -0.4 is 5.32 Å². The lowest BCUT2D eigenvalue weighted by atomic mass is 9.97. The number of benzene rings is 1. The molecule has 1 aliphatic rings. The third-order valence-electron chi connectivity index (χ3n) is 4.81. The number of nitrogens with one attached hydrogen (secondary N) is 1. The number of aromatic nitrogens is 1. The van der Waals surface area contributed by atoms with Crippen LogP contribution in [0.3, 0.4) is 0 Å². The normalized spacial score (nSPS) is 13.7. The third-order valence-corrected chi connectivity index (χ3v) is 4.81. The standard InChI is InChI=1S/C21H26N2O4/c1-26-13-7-12-22-19(24)14-27-21(25)20-15-8-3-2-4-10-17(15)23-18-11-6-5-9-16(18)20/h5-6,9,11H,2-4,7-8,10,12-14H2,1H3,(H,22,24). The van der Waals surface area contributed by atoms with Gasteiger partial charge in [-0.25, -0.2) is 4.79 Å². The minimum absolute atomic E-state index is 0.281. The molecule has 0 atom stereocenters. The van der Waals surface area contributed by atoms with Gasteiger partial charge in [0.1, 0.15) is 0 Å². The molecule has 2 aromatic rings. The molecule has 0 aliphatic heterocycles. The first-order valence-corrected chi connectivity index (χ1v) is 9.54. The maximum Gasteiger partial charge on any atom is 0.339 e. The van der Waals surface area contributed by atoms with Crippen molar-refractivity contribution in [3.63, 3.8) is 0 Å². The van der Waals surface area contributed by atoms with E-state index < -0.39 is 5.97 Å². The van der Waals surface area contributed by atoms with Gasteiger partial charge in [-0.05, 0) is 43.7 Å². The highest BCUT2D eigenvalue weighted by Crippen LogP contribution is 2.29. The zero-order valence-corrected chi connectivity index (χ0v) is 15.8. The number of carbonyl (C=O) groups excluding carboxylic acids is 2. The Kier molecular flexibility index (Phi) is 6.76. The second-order valence-electron chi connectivity index (χ2n) is 6.76. The van der Waals surface area contributed by atoms with E-state index in [0.717, 1.165) is 60.7 Å². The quantitative estimate of drug-likeness (QED) is 0.461. The van der Waals surface area contributed by atoms with Crippen LogP contribution in [0.2, 0.25) is 0 Å². The molecule has 0 radical (unpaired) electrons. The molecule has 1 N–H and O–H groups in total. The molecule has 1 aliphatic carbocycles. The van der Waals surface area contributed by atoms with Gasteiger partial charge >= 0.3 is 5.97 Å². The summed E-state index contributed by atoms with van der Waals surface area (Å²) in [6.45, 7) is 0.796. The van der Waals surface area contributed by atoms with Gasteiger partial charge in [0.2, 0.25) is 0 Å². The molecule has 144 valence electrons. The Bertz CT molecular complexity index is 819. The predicted octanol–water partition coefficient (Wildman–Crippen LogP) is 2.81. The third kappa shape index (κ3) is 4.83. The van der Waals surface area contributed by atoms with E-state index in [1.807, 2.05) is 24.3 Å². The second kappa shape index (κ2) is 9.46. The molecule has 0 saturated carbocycles. The van der Waals surface area contributed by atoms with Gasteiger partial charge in [0, 0.05) is 31.3 Å². The minimum Gasteiger partial charge on any atom is -0.452 e. The van der Waals surface area contributed by atoms with Crippen LogP contribution in [0.15, 0.2) is 24.3 Å². The summed E-state index contributed by atoms with van der Waals surface area (Å²) in [5.74, 6) is -0.748. The number of hydrogen-bond acceptors (Lipinski definition) is 5. The fraction of sp³-hybridized carbons (Fsp3) is 0.476. The Morgan fingerprint density at radius 2 is 1.96 bits per heavy atom. The van der Waals surface area contributed by atoms with Crippen LogP contribution in [0, 0.1) is 0 Å². The summed E-state index contributed by atoms with van der Waals surface area (Å²) < 4.78 is 10.3. The Labute approximate surface area is 159 Å². The van der Waals surface area contributed by atoms with Gasteiger partial charge in [-0.2, -0.15) is 0 Å². The van der Waals surface area contributed by atoms with E-state index >= 15 is 0 Å². The fourth-order valence-electron chi connectivity index (χ4n) is 3.48. The number of nitrogens with zero attached hydrogens (tertiary/aromatic N) is 1. The summed E-state index contributed by atoms with van der Waals surface area (Å²) in [6.07, 6.45) is 5.66. The molecule has 6 heteroatoms. The summed E-state index contributed by atoms with van der Waals surface area (Å²) in [7, 11) is 1.62. The van der Waals surface area contributed by atoms with Crippen molar-refractivity contribution in [3.8, 4) is 0 Å². The van der Waals surface area contributed by atoms with Gasteiger partial charge in [-0.15, -0.1) is 0 Å². The number of amides is 1. The van der Waals surface area contributed by atoms with Crippen molar-refractivity contribution in [1.29, 1.82) is 0 Å². The van der Waals surface area contributed by atoms with E-state index in [1.54, 1.807) is 7.11 Å². The summed E-state index contributed by atoms with van der Waals surface area (Å²) in [6, 6.07) is 7.63. The molecule has 1 amide bonds. The zero-order chi connectivity index (χ0) is 19.1. The molecule has 0 unspecified atom stereocenters. The topological polar surface area (TPSA) is 77.5 Å².